The van der Waals surface area contributed by atoms with Gasteiger partial charge in [-0.2, -0.15) is 12.7 Å². The van der Waals surface area contributed by atoms with Crippen LogP contribution >= 0.6 is 0 Å². The van der Waals surface area contributed by atoms with Crippen molar-refractivity contribution in [3.63, 3.8) is 0 Å². The number of carbonyl (C=O) groups is 1. The van der Waals surface area contributed by atoms with Crippen LogP contribution < -0.4 is 14.4 Å². The highest BCUT2D eigenvalue weighted by molar-refractivity contribution is 7.90. The van der Waals surface area contributed by atoms with Gasteiger partial charge >= 0.3 is 10.2 Å². The van der Waals surface area contributed by atoms with E-state index >= 15 is 0 Å². The summed E-state index contributed by atoms with van der Waals surface area (Å²) >= 11 is 0. The van der Waals surface area contributed by atoms with Crippen LogP contribution in [0.5, 0.6) is 5.75 Å². The Morgan fingerprint density at radius 3 is 2.14 bits per heavy atom. The van der Waals surface area contributed by atoms with Gasteiger partial charge in [0, 0.05) is 19.7 Å². The Bertz CT molecular complexity index is 1300. The number of nitrogens with zero attached hydrogens (tertiary/aromatic N) is 2. The van der Waals surface area contributed by atoms with Gasteiger partial charge in [-0.3, -0.25) is 9.10 Å². The molecular formula is C28H34FN3O4S. The number of ether oxygens (including phenoxy) is 1. The van der Waals surface area contributed by atoms with E-state index in [2.05, 4.69) is 26.1 Å². The van der Waals surface area contributed by atoms with Crippen LogP contribution in [-0.4, -0.2) is 45.9 Å². The molecule has 0 spiro atoms. The molecule has 9 heteroatoms. The van der Waals surface area contributed by atoms with Crippen LogP contribution in [0.15, 0.2) is 72.8 Å². The largest absolute Gasteiger partial charge is 0.492 e. The maximum atomic E-state index is 14.4. The molecule has 1 amide bonds. The van der Waals surface area contributed by atoms with Gasteiger partial charge in [0.2, 0.25) is 0 Å². The number of amides is 1. The quantitative estimate of drug-likeness (QED) is 0.386. The summed E-state index contributed by atoms with van der Waals surface area (Å²) in [5.74, 6) is -0.180. The second-order valence-electron chi connectivity index (χ2n) is 9.82. The maximum Gasteiger partial charge on any atom is 0.303 e. The Balaban J connectivity index is 1.59. The van der Waals surface area contributed by atoms with Crippen LogP contribution in [-0.2, 0) is 22.2 Å². The lowest BCUT2D eigenvalue weighted by Crippen LogP contribution is -2.40. The maximum absolute atomic E-state index is 14.4. The molecule has 0 heterocycles. The van der Waals surface area contributed by atoms with Crippen LogP contribution in [0.1, 0.15) is 42.3 Å². The standard InChI is InChI=1S/C28H34FN3O4S/c1-28(2,3)23-14-16-24(17-15-23)36-19-18-30-27(33)22-12-10-21(11-13-22)20-32(37(34,35)31(4)5)26-9-7-6-8-25(26)29/h6-17H,18-20H2,1-5H3,(H,30,33). The van der Waals surface area contributed by atoms with Crippen molar-refractivity contribution in [3.8, 4) is 5.75 Å². The number of benzene rings is 3. The number of nitrogens with one attached hydrogen (secondary N) is 1. The molecule has 0 bridgehead atoms. The Morgan fingerprint density at radius 2 is 1.57 bits per heavy atom. The number of halogens is 1. The first kappa shape index (κ1) is 28.1. The minimum absolute atomic E-state index is 0.0499. The summed E-state index contributed by atoms with van der Waals surface area (Å²) in [4.78, 5) is 12.5. The summed E-state index contributed by atoms with van der Waals surface area (Å²) in [6, 6.07) is 20.1. The fourth-order valence-corrected chi connectivity index (χ4v) is 4.66. The van der Waals surface area contributed by atoms with E-state index in [0.29, 0.717) is 24.3 Å². The van der Waals surface area contributed by atoms with Crippen LogP contribution in [0, 0.1) is 5.82 Å². The zero-order valence-electron chi connectivity index (χ0n) is 21.9. The first-order chi connectivity index (χ1) is 17.4. The van der Waals surface area contributed by atoms with E-state index in [1.807, 2.05) is 24.3 Å². The first-order valence-corrected chi connectivity index (χ1v) is 13.3. The summed E-state index contributed by atoms with van der Waals surface area (Å²) in [6.45, 7) is 6.99. The second kappa shape index (κ2) is 11.7. The molecule has 0 aliphatic heterocycles. The van der Waals surface area contributed by atoms with E-state index < -0.39 is 16.0 Å². The molecule has 0 saturated heterocycles. The van der Waals surface area contributed by atoms with Crippen molar-refractivity contribution < 1.29 is 22.3 Å². The summed E-state index contributed by atoms with van der Waals surface area (Å²) in [7, 11) is -1.17. The molecule has 0 atom stereocenters. The van der Waals surface area contributed by atoms with E-state index in [1.54, 1.807) is 30.3 Å². The van der Waals surface area contributed by atoms with Crippen molar-refractivity contribution in [2.75, 3.05) is 31.6 Å². The molecule has 0 saturated carbocycles. The third-order valence-corrected chi connectivity index (χ3v) is 7.59. The third kappa shape index (κ3) is 7.30. The van der Waals surface area contributed by atoms with Gasteiger partial charge in [0.25, 0.3) is 5.91 Å². The van der Waals surface area contributed by atoms with E-state index in [-0.39, 0.29) is 23.6 Å². The Labute approximate surface area is 219 Å². The zero-order chi connectivity index (χ0) is 27.2. The third-order valence-electron chi connectivity index (χ3n) is 5.78. The van der Waals surface area contributed by atoms with Crippen LogP contribution in [0.2, 0.25) is 0 Å². The molecule has 0 aromatic heterocycles. The highest BCUT2D eigenvalue weighted by atomic mass is 32.2. The van der Waals surface area contributed by atoms with Crippen molar-refractivity contribution in [1.29, 1.82) is 0 Å². The minimum Gasteiger partial charge on any atom is -0.492 e. The number of hydrogen-bond acceptors (Lipinski definition) is 4. The molecule has 7 nitrogen and oxygen atoms in total. The van der Waals surface area contributed by atoms with E-state index in [0.717, 1.165) is 14.4 Å². The average Bonchev–Trinajstić information content (AvgIpc) is 2.85. The molecule has 0 fully saturated rings. The summed E-state index contributed by atoms with van der Waals surface area (Å²) < 4.78 is 47.9. The molecule has 0 unspecified atom stereocenters. The smallest absolute Gasteiger partial charge is 0.303 e. The summed E-state index contributed by atoms with van der Waals surface area (Å²) in [5, 5.41) is 2.81. The van der Waals surface area contributed by atoms with Gasteiger partial charge in [0.15, 0.2) is 0 Å². The van der Waals surface area contributed by atoms with E-state index in [4.69, 9.17) is 4.74 Å². The highest BCUT2D eigenvalue weighted by Gasteiger charge is 2.27. The van der Waals surface area contributed by atoms with Crippen molar-refractivity contribution in [1.82, 2.24) is 9.62 Å². The normalized spacial score (nSPS) is 11.9. The van der Waals surface area contributed by atoms with Crippen molar-refractivity contribution in [2.24, 2.45) is 0 Å². The highest BCUT2D eigenvalue weighted by Crippen LogP contribution is 2.26. The van der Waals surface area contributed by atoms with Gasteiger partial charge in [-0.15, -0.1) is 0 Å². The lowest BCUT2D eigenvalue weighted by molar-refractivity contribution is 0.0947. The topological polar surface area (TPSA) is 79.0 Å². The predicted octanol–water partition coefficient (Wildman–Crippen LogP) is 4.75. The fraction of sp³-hybridized carbons (Fsp3) is 0.321. The van der Waals surface area contributed by atoms with E-state index in [1.165, 1.54) is 37.9 Å². The molecule has 0 radical (unpaired) electrons. The molecule has 0 aliphatic carbocycles. The number of carbonyl (C=O) groups excluding carboxylic acids is 1. The van der Waals surface area contributed by atoms with Gasteiger partial charge in [0.05, 0.1) is 18.8 Å². The predicted molar refractivity (Wildman–Crippen MR) is 145 cm³/mol. The van der Waals surface area contributed by atoms with Crippen molar-refractivity contribution in [2.45, 2.75) is 32.7 Å². The first-order valence-electron chi connectivity index (χ1n) is 11.9. The molecule has 1 N–H and O–H groups in total. The molecule has 198 valence electrons. The molecular weight excluding hydrogens is 493 g/mol. The molecule has 3 rings (SSSR count). The molecule has 3 aromatic carbocycles. The van der Waals surface area contributed by atoms with Gasteiger partial charge in [-0.25, -0.2) is 4.39 Å². The molecule has 37 heavy (non-hydrogen) atoms. The SMILES string of the molecule is CN(C)S(=O)(=O)N(Cc1ccc(C(=O)NCCOc2ccc(C(C)(C)C)cc2)cc1)c1ccccc1F. The lowest BCUT2D eigenvalue weighted by atomic mass is 9.87. The van der Waals surface area contributed by atoms with E-state index in [9.17, 15) is 17.6 Å². The Hall–Kier alpha value is -3.43. The van der Waals surface area contributed by atoms with Crippen LogP contribution in [0.25, 0.3) is 0 Å². The summed E-state index contributed by atoms with van der Waals surface area (Å²) in [5.41, 5.74) is 2.26. The Morgan fingerprint density at radius 1 is 0.946 bits per heavy atom. The summed E-state index contributed by atoms with van der Waals surface area (Å²) in [6.07, 6.45) is 0. The number of para-hydroxylation sites is 1. The second-order valence-corrected chi connectivity index (χ2v) is 11.9. The lowest BCUT2D eigenvalue weighted by Gasteiger charge is -2.27. The molecule has 3 aromatic rings. The van der Waals surface area contributed by atoms with Gasteiger partial charge in [-0.05, 0) is 52.9 Å². The fourth-order valence-electron chi connectivity index (χ4n) is 3.56. The van der Waals surface area contributed by atoms with Gasteiger partial charge in [0.1, 0.15) is 18.2 Å². The number of hydrogen-bond donors (Lipinski definition) is 1. The number of rotatable bonds is 10. The van der Waals surface area contributed by atoms with Crippen molar-refractivity contribution >= 4 is 21.8 Å². The van der Waals surface area contributed by atoms with Crippen LogP contribution in [0.4, 0.5) is 10.1 Å². The van der Waals surface area contributed by atoms with Gasteiger partial charge < -0.3 is 10.1 Å². The van der Waals surface area contributed by atoms with Crippen LogP contribution in [0.3, 0.4) is 0 Å². The molecule has 0 aliphatic rings. The zero-order valence-corrected chi connectivity index (χ0v) is 22.7. The number of anilines is 1. The Kier molecular flexibility index (Phi) is 8.94. The average molecular weight is 528 g/mol. The van der Waals surface area contributed by atoms with Gasteiger partial charge in [-0.1, -0.05) is 57.2 Å². The minimum atomic E-state index is -3.95. The van der Waals surface area contributed by atoms with Crippen molar-refractivity contribution in [3.05, 3.63) is 95.3 Å². The monoisotopic (exact) mass is 527 g/mol.